The molecular weight excluding hydrogens is 318 g/mol. The minimum atomic E-state index is -0.547. The smallest absolute Gasteiger partial charge is 0.324 e. The van der Waals surface area contributed by atoms with E-state index in [0.717, 1.165) is 31.2 Å². The summed E-state index contributed by atoms with van der Waals surface area (Å²) in [6, 6.07) is 8.30. The van der Waals surface area contributed by atoms with Gasteiger partial charge in [0.05, 0.1) is 12.6 Å². The fourth-order valence-electron chi connectivity index (χ4n) is 4.32. The van der Waals surface area contributed by atoms with Crippen molar-refractivity contribution in [1.82, 2.24) is 15.1 Å². The van der Waals surface area contributed by atoms with Gasteiger partial charge in [-0.3, -0.25) is 14.5 Å². The van der Waals surface area contributed by atoms with Gasteiger partial charge in [-0.15, -0.1) is 0 Å². The van der Waals surface area contributed by atoms with Crippen LogP contribution in [0, 0.1) is 5.92 Å². The van der Waals surface area contributed by atoms with Crippen molar-refractivity contribution in [1.29, 1.82) is 0 Å². The number of carbonyl (C=O) groups is 3. The van der Waals surface area contributed by atoms with Crippen LogP contribution in [-0.4, -0.2) is 46.3 Å². The van der Waals surface area contributed by atoms with Gasteiger partial charge in [-0.05, 0) is 24.8 Å². The van der Waals surface area contributed by atoms with Crippen LogP contribution in [0.5, 0.6) is 0 Å². The van der Waals surface area contributed by atoms with Gasteiger partial charge in [0.15, 0.2) is 0 Å². The molecule has 3 fully saturated rings. The monoisotopic (exact) mass is 341 g/mol. The summed E-state index contributed by atoms with van der Waals surface area (Å²) in [7, 11) is 0. The van der Waals surface area contributed by atoms with Crippen LogP contribution in [0.25, 0.3) is 0 Å². The lowest BCUT2D eigenvalue weighted by Crippen LogP contribution is -2.64. The summed E-state index contributed by atoms with van der Waals surface area (Å²) < 4.78 is 0. The third-order valence-corrected chi connectivity index (χ3v) is 5.64. The van der Waals surface area contributed by atoms with Gasteiger partial charge in [0.25, 0.3) is 5.91 Å². The first-order valence-corrected chi connectivity index (χ1v) is 9.11. The quantitative estimate of drug-likeness (QED) is 0.913. The second kappa shape index (κ2) is 6.50. The number of amides is 4. The predicted molar refractivity (Wildman–Crippen MR) is 91.4 cm³/mol. The number of likely N-dealkylation sites (tertiary alicyclic amines) is 1. The minimum absolute atomic E-state index is 0.0479. The maximum atomic E-state index is 13.0. The Hall–Kier alpha value is -2.37. The van der Waals surface area contributed by atoms with Gasteiger partial charge in [0, 0.05) is 12.5 Å². The molecule has 2 heterocycles. The highest BCUT2D eigenvalue weighted by Gasteiger charge is 2.50. The second-order valence-corrected chi connectivity index (χ2v) is 7.21. The van der Waals surface area contributed by atoms with E-state index in [1.165, 1.54) is 4.90 Å². The Morgan fingerprint density at radius 2 is 1.80 bits per heavy atom. The molecule has 0 spiro atoms. The third kappa shape index (κ3) is 2.90. The van der Waals surface area contributed by atoms with Gasteiger partial charge in [-0.2, -0.15) is 0 Å². The lowest BCUT2D eigenvalue weighted by atomic mass is 10.0. The molecule has 0 bridgehead atoms. The van der Waals surface area contributed by atoms with Gasteiger partial charge in [0.2, 0.25) is 5.91 Å². The van der Waals surface area contributed by atoms with E-state index in [0.29, 0.717) is 13.0 Å². The number of benzene rings is 1. The number of urea groups is 1. The zero-order valence-corrected chi connectivity index (χ0v) is 14.2. The van der Waals surface area contributed by atoms with E-state index in [2.05, 4.69) is 5.32 Å². The van der Waals surface area contributed by atoms with Gasteiger partial charge < -0.3 is 10.2 Å². The van der Waals surface area contributed by atoms with Crippen molar-refractivity contribution in [2.24, 2.45) is 5.92 Å². The Balaban J connectivity index is 1.53. The molecule has 6 nitrogen and oxygen atoms in total. The minimum Gasteiger partial charge on any atom is -0.332 e. The fourth-order valence-corrected chi connectivity index (χ4v) is 4.32. The maximum absolute atomic E-state index is 13.0. The van der Waals surface area contributed by atoms with Crippen molar-refractivity contribution >= 4 is 17.8 Å². The van der Waals surface area contributed by atoms with Gasteiger partial charge in [-0.25, -0.2) is 4.79 Å². The molecule has 4 rings (SSSR count). The molecule has 2 saturated heterocycles. The number of carbonyl (C=O) groups excluding carboxylic acids is 3. The lowest BCUT2D eigenvalue weighted by molar-refractivity contribution is -0.146. The van der Waals surface area contributed by atoms with Gasteiger partial charge in [0.1, 0.15) is 6.04 Å². The summed E-state index contributed by atoms with van der Waals surface area (Å²) in [4.78, 5) is 41.2. The SMILES string of the molecule is O=C1N[C@@H]2CCN(C(=O)C3CCCC3)[C@@H]2C(=O)N1Cc1ccccc1. The summed E-state index contributed by atoms with van der Waals surface area (Å²) in [5, 5.41) is 2.93. The predicted octanol–water partition coefficient (Wildman–Crippen LogP) is 1.90. The molecule has 1 aromatic carbocycles. The van der Waals surface area contributed by atoms with Crippen molar-refractivity contribution in [3.63, 3.8) is 0 Å². The van der Waals surface area contributed by atoms with Crippen molar-refractivity contribution < 1.29 is 14.4 Å². The topological polar surface area (TPSA) is 69.7 Å². The fraction of sp³-hybridized carbons (Fsp3) is 0.526. The largest absolute Gasteiger partial charge is 0.332 e. The number of hydrogen-bond acceptors (Lipinski definition) is 3. The zero-order chi connectivity index (χ0) is 17.4. The van der Waals surface area contributed by atoms with Crippen LogP contribution in [0.15, 0.2) is 30.3 Å². The van der Waals surface area contributed by atoms with Crippen molar-refractivity contribution in [3.05, 3.63) is 35.9 Å². The number of fused-ring (bicyclic) bond motifs is 1. The molecule has 1 N–H and O–H groups in total. The molecule has 132 valence electrons. The molecule has 0 radical (unpaired) electrons. The van der Waals surface area contributed by atoms with Gasteiger partial charge in [-0.1, -0.05) is 43.2 Å². The average molecular weight is 341 g/mol. The highest BCUT2D eigenvalue weighted by molar-refractivity contribution is 6.02. The summed E-state index contributed by atoms with van der Waals surface area (Å²) >= 11 is 0. The van der Waals surface area contributed by atoms with Crippen LogP contribution in [0.3, 0.4) is 0 Å². The third-order valence-electron chi connectivity index (χ3n) is 5.64. The van der Waals surface area contributed by atoms with Gasteiger partial charge >= 0.3 is 6.03 Å². The van der Waals surface area contributed by atoms with Crippen molar-refractivity contribution in [2.45, 2.75) is 50.7 Å². The summed E-state index contributed by atoms with van der Waals surface area (Å²) in [6.07, 6.45) is 4.66. The van der Waals surface area contributed by atoms with E-state index in [1.54, 1.807) is 4.90 Å². The summed E-state index contributed by atoms with van der Waals surface area (Å²) in [5.41, 5.74) is 0.899. The van der Waals surface area contributed by atoms with Crippen LogP contribution >= 0.6 is 0 Å². The Morgan fingerprint density at radius 3 is 2.52 bits per heavy atom. The first-order chi connectivity index (χ1) is 12.1. The van der Waals surface area contributed by atoms with Crippen molar-refractivity contribution in [3.8, 4) is 0 Å². The Morgan fingerprint density at radius 1 is 1.08 bits per heavy atom. The number of nitrogens with zero attached hydrogens (tertiary/aromatic N) is 2. The van der Waals surface area contributed by atoms with Crippen LogP contribution in [0.2, 0.25) is 0 Å². The molecule has 1 aliphatic carbocycles. The van der Waals surface area contributed by atoms with Crippen LogP contribution in [-0.2, 0) is 16.1 Å². The maximum Gasteiger partial charge on any atom is 0.324 e. The van der Waals surface area contributed by atoms with E-state index in [-0.39, 0.29) is 36.3 Å². The molecule has 3 aliphatic rings. The molecular formula is C19H23N3O3. The normalized spacial score (nSPS) is 26.7. The molecule has 25 heavy (non-hydrogen) atoms. The molecule has 1 saturated carbocycles. The first kappa shape index (κ1) is 16.1. The standard InChI is InChI=1S/C19H23N3O3/c23-17(14-8-4-5-9-14)21-11-10-15-16(21)18(24)22(19(25)20-15)12-13-6-2-1-3-7-13/h1-3,6-7,14-16H,4-5,8-12H2,(H,20,25)/t15-,16+/m1/s1. The summed E-state index contributed by atoms with van der Waals surface area (Å²) in [5.74, 6) is -0.109. The molecule has 2 atom stereocenters. The Labute approximate surface area is 147 Å². The van der Waals surface area contributed by atoms with E-state index < -0.39 is 6.04 Å². The van der Waals surface area contributed by atoms with Crippen LogP contribution in [0.1, 0.15) is 37.7 Å². The number of rotatable bonds is 3. The molecule has 0 aromatic heterocycles. The first-order valence-electron chi connectivity index (χ1n) is 9.11. The van der Waals surface area contributed by atoms with Crippen molar-refractivity contribution in [2.75, 3.05) is 6.54 Å². The molecule has 0 unspecified atom stereocenters. The summed E-state index contributed by atoms with van der Waals surface area (Å²) in [6.45, 7) is 0.788. The van der Waals surface area contributed by atoms with E-state index >= 15 is 0 Å². The second-order valence-electron chi connectivity index (χ2n) is 7.21. The van der Waals surface area contributed by atoms with E-state index in [1.807, 2.05) is 30.3 Å². The lowest BCUT2D eigenvalue weighted by Gasteiger charge is -2.37. The van der Waals surface area contributed by atoms with Crippen LogP contribution < -0.4 is 5.32 Å². The molecule has 4 amide bonds. The van der Waals surface area contributed by atoms with E-state index in [4.69, 9.17) is 0 Å². The highest BCUT2D eigenvalue weighted by Crippen LogP contribution is 2.32. The molecule has 6 heteroatoms. The number of hydrogen-bond donors (Lipinski definition) is 1. The average Bonchev–Trinajstić information content (AvgIpc) is 3.29. The Bertz CT molecular complexity index is 684. The van der Waals surface area contributed by atoms with E-state index in [9.17, 15) is 14.4 Å². The number of nitrogens with one attached hydrogen (secondary N) is 1. The highest BCUT2D eigenvalue weighted by atomic mass is 16.2. The Kier molecular flexibility index (Phi) is 4.19. The molecule has 2 aliphatic heterocycles. The molecule has 1 aromatic rings. The zero-order valence-electron chi connectivity index (χ0n) is 14.2. The van der Waals surface area contributed by atoms with Crippen LogP contribution in [0.4, 0.5) is 4.79 Å². The number of imide groups is 1.